The third kappa shape index (κ3) is 3.67. The van der Waals surface area contributed by atoms with Crippen LogP contribution in [0.3, 0.4) is 0 Å². The van der Waals surface area contributed by atoms with Gasteiger partial charge >= 0.3 is 0 Å². The van der Waals surface area contributed by atoms with E-state index in [1.807, 2.05) is 48.7 Å². The maximum atomic E-state index is 13.2. The van der Waals surface area contributed by atoms with Crippen LogP contribution in [-0.4, -0.2) is 21.8 Å². The van der Waals surface area contributed by atoms with Gasteiger partial charge in [-0.15, -0.1) is 0 Å². The van der Waals surface area contributed by atoms with Crippen LogP contribution in [0.2, 0.25) is 0 Å². The molecule has 0 bridgehead atoms. The van der Waals surface area contributed by atoms with Crippen molar-refractivity contribution >= 4 is 22.9 Å². The van der Waals surface area contributed by atoms with Crippen molar-refractivity contribution in [3.8, 4) is 11.4 Å². The lowest BCUT2D eigenvalue weighted by Gasteiger charge is -2.09. The Morgan fingerprint density at radius 2 is 1.70 bits per heavy atom. The van der Waals surface area contributed by atoms with Gasteiger partial charge in [0.1, 0.15) is 11.6 Å². The van der Waals surface area contributed by atoms with Crippen LogP contribution < -0.4 is 5.43 Å². The molecule has 5 nitrogen and oxygen atoms in total. The number of aromatic nitrogens is 1. The highest BCUT2D eigenvalue weighted by Gasteiger charge is 2.13. The molecule has 0 atom stereocenters. The number of carbonyl (C=O) groups excluding carboxylic acids is 1. The molecular formula is C24H20FN3O2. The predicted octanol–water partition coefficient (Wildman–Crippen LogP) is 4.86. The average Bonchev–Trinajstić information content (AvgIpc) is 3.01. The Morgan fingerprint density at radius 3 is 2.40 bits per heavy atom. The van der Waals surface area contributed by atoms with Crippen LogP contribution in [0.25, 0.3) is 16.5 Å². The fourth-order valence-electron chi connectivity index (χ4n) is 3.54. The van der Waals surface area contributed by atoms with Gasteiger partial charge in [-0.2, -0.15) is 5.10 Å². The topological polar surface area (TPSA) is 66.6 Å². The number of fused-ring (bicyclic) bond motifs is 1. The molecule has 0 saturated heterocycles. The van der Waals surface area contributed by atoms with Crippen molar-refractivity contribution in [3.63, 3.8) is 0 Å². The molecule has 1 heterocycles. The van der Waals surface area contributed by atoms with E-state index in [-0.39, 0.29) is 17.1 Å². The fraction of sp³-hybridized carbons (Fsp3) is 0.0833. The van der Waals surface area contributed by atoms with Crippen molar-refractivity contribution in [2.45, 2.75) is 13.8 Å². The molecule has 1 amide bonds. The van der Waals surface area contributed by atoms with E-state index in [1.165, 1.54) is 12.1 Å². The number of carbonyl (C=O) groups is 1. The molecule has 150 valence electrons. The zero-order chi connectivity index (χ0) is 21.3. The van der Waals surface area contributed by atoms with Crippen molar-refractivity contribution in [1.82, 2.24) is 9.99 Å². The van der Waals surface area contributed by atoms with Crippen LogP contribution in [-0.2, 0) is 0 Å². The number of phenols is 1. The van der Waals surface area contributed by atoms with E-state index in [2.05, 4.69) is 10.5 Å². The molecule has 2 N–H and O–H groups in total. The second-order valence-electron chi connectivity index (χ2n) is 7.05. The van der Waals surface area contributed by atoms with E-state index in [0.717, 1.165) is 33.4 Å². The Morgan fingerprint density at radius 1 is 1.03 bits per heavy atom. The minimum absolute atomic E-state index is 0.101. The summed E-state index contributed by atoms with van der Waals surface area (Å²) < 4.78 is 15.2. The van der Waals surface area contributed by atoms with Gasteiger partial charge in [0.05, 0.1) is 11.8 Å². The molecule has 3 aromatic carbocycles. The number of amides is 1. The highest BCUT2D eigenvalue weighted by atomic mass is 19.1. The Kier molecular flexibility index (Phi) is 5.06. The molecule has 0 aliphatic heterocycles. The van der Waals surface area contributed by atoms with E-state index in [1.54, 1.807) is 30.5 Å². The molecular weight excluding hydrogens is 381 g/mol. The second-order valence-corrected chi connectivity index (χ2v) is 7.05. The summed E-state index contributed by atoms with van der Waals surface area (Å²) >= 11 is 0. The van der Waals surface area contributed by atoms with Gasteiger partial charge in [-0.1, -0.05) is 24.3 Å². The minimum Gasteiger partial charge on any atom is -0.507 e. The SMILES string of the molecule is Cc1cc(/C=N\NC(=O)c2cc3ccccc3cc2O)c(C)n1-c1ccc(F)cc1. The van der Waals surface area contributed by atoms with E-state index >= 15 is 0 Å². The van der Waals surface area contributed by atoms with Crippen molar-refractivity contribution in [1.29, 1.82) is 0 Å². The van der Waals surface area contributed by atoms with Crippen molar-refractivity contribution in [3.05, 3.63) is 95.1 Å². The van der Waals surface area contributed by atoms with E-state index in [4.69, 9.17) is 0 Å². The lowest BCUT2D eigenvalue weighted by molar-refractivity contribution is 0.0952. The highest BCUT2D eigenvalue weighted by Crippen LogP contribution is 2.25. The van der Waals surface area contributed by atoms with Gasteiger partial charge in [0.15, 0.2) is 0 Å². The van der Waals surface area contributed by atoms with E-state index in [0.29, 0.717) is 0 Å². The largest absolute Gasteiger partial charge is 0.507 e. The molecule has 6 heteroatoms. The zero-order valence-corrected chi connectivity index (χ0v) is 16.6. The van der Waals surface area contributed by atoms with Gasteiger partial charge in [0.2, 0.25) is 0 Å². The summed E-state index contributed by atoms with van der Waals surface area (Å²) in [5.41, 5.74) is 6.15. The minimum atomic E-state index is -0.498. The number of benzene rings is 3. The first kappa shape index (κ1) is 19.4. The van der Waals surface area contributed by atoms with Crippen molar-refractivity contribution in [2.75, 3.05) is 0 Å². The van der Waals surface area contributed by atoms with Crippen molar-refractivity contribution in [2.24, 2.45) is 5.10 Å². The van der Waals surface area contributed by atoms with Crippen LogP contribution in [0.1, 0.15) is 27.3 Å². The highest BCUT2D eigenvalue weighted by molar-refractivity contribution is 6.01. The monoisotopic (exact) mass is 401 g/mol. The first-order valence-electron chi connectivity index (χ1n) is 9.44. The Labute approximate surface area is 173 Å². The summed E-state index contributed by atoms with van der Waals surface area (Å²) in [6, 6.07) is 18.9. The molecule has 0 radical (unpaired) electrons. The standard InChI is InChI=1S/C24H20FN3O2/c1-15-11-19(16(2)28(15)21-9-7-20(25)8-10-21)14-26-27-24(30)22-12-17-5-3-4-6-18(17)13-23(22)29/h3-14,29H,1-2H3,(H,27,30)/b26-14-. The number of aryl methyl sites for hydroxylation is 1. The van der Waals surface area contributed by atoms with Crippen LogP contribution in [0.5, 0.6) is 5.75 Å². The summed E-state index contributed by atoms with van der Waals surface area (Å²) in [5.74, 6) is -0.889. The average molecular weight is 401 g/mol. The smallest absolute Gasteiger partial charge is 0.275 e. The Balaban J connectivity index is 1.55. The number of phenolic OH excluding ortho intramolecular Hbond substituents is 1. The third-order valence-corrected chi connectivity index (χ3v) is 5.03. The first-order chi connectivity index (χ1) is 14.4. The number of hydrogen-bond acceptors (Lipinski definition) is 3. The molecule has 4 rings (SSSR count). The maximum absolute atomic E-state index is 13.2. The molecule has 0 fully saturated rings. The maximum Gasteiger partial charge on any atom is 0.275 e. The molecule has 1 aromatic heterocycles. The number of aromatic hydroxyl groups is 1. The van der Waals surface area contributed by atoms with Gasteiger partial charge in [0.25, 0.3) is 5.91 Å². The molecule has 0 aliphatic rings. The van der Waals surface area contributed by atoms with Gasteiger partial charge in [-0.3, -0.25) is 4.79 Å². The number of nitrogens with zero attached hydrogens (tertiary/aromatic N) is 2. The van der Waals surface area contributed by atoms with Crippen LogP contribution in [0.15, 0.2) is 71.8 Å². The fourth-order valence-corrected chi connectivity index (χ4v) is 3.54. The summed E-state index contributed by atoms with van der Waals surface area (Å²) in [7, 11) is 0. The lowest BCUT2D eigenvalue weighted by atomic mass is 10.1. The van der Waals surface area contributed by atoms with Gasteiger partial charge in [-0.25, -0.2) is 9.82 Å². The van der Waals surface area contributed by atoms with Crippen LogP contribution in [0, 0.1) is 19.7 Å². The van der Waals surface area contributed by atoms with Gasteiger partial charge < -0.3 is 9.67 Å². The molecule has 0 saturated carbocycles. The van der Waals surface area contributed by atoms with Crippen LogP contribution >= 0.6 is 0 Å². The molecule has 0 aliphatic carbocycles. The number of nitrogens with one attached hydrogen (secondary N) is 1. The molecule has 4 aromatic rings. The van der Waals surface area contributed by atoms with Gasteiger partial charge in [0, 0.05) is 22.6 Å². The molecule has 30 heavy (non-hydrogen) atoms. The zero-order valence-electron chi connectivity index (χ0n) is 16.6. The number of rotatable bonds is 4. The lowest BCUT2D eigenvalue weighted by Crippen LogP contribution is -2.17. The summed E-state index contributed by atoms with van der Waals surface area (Å²) in [6.45, 7) is 3.87. The second kappa shape index (κ2) is 7.83. The number of hydrogen-bond donors (Lipinski definition) is 2. The number of halogens is 1. The predicted molar refractivity (Wildman–Crippen MR) is 116 cm³/mol. The van der Waals surface area contributed by atoms with Gasteiger partial charge in [-0.05, 0) is 67.1 Å². The molecule has 0 spiro atoms. The Bertz CT molecular complexity index is 1270. The number of hydrazone groups is 1. The summed E-state index contributed by atoms with van der Waals surface area (Å²) in [4.78, 5) is 12.5. The summed E-state index contributed by atoms with van der Waals surface area (Å²) in [6.07, 6.45) is 1.55. The van der Waals surface area contributed by atoms with E-state index in [9.17, 15) is 14.3 Å². The third-order valence-electron chi connectivity index (χ3n) is 5.03. The Hall–Kier alpha value is -3.93. The van der Waals surface area contributed by atoms with Crippen LogP contribution in [0.4, 0.5) is 4.39 Å². The molecule has 0 unspecified atom stereocenters. The normalized spacial score (nSPS) is 11.3. The summed E-state index contributed by atoms with van der Waals surface area (Å²) in [5, 5.41) is 15.9. The van der Waals surface area contributed by atoms with E-state index < -0.39 is 5.91 Å². The quantitative estimate of drug-likeness (QED) is 0.379. The van der Waals surface area contributed by atoms with Crippen molar-refractivity contribution < 1.29 is 14.3 Å². The first-order valence-corrected chi connectivity index (χ1v) is 9.44.